The van der Waals surface area contributed by atoms with Crippen molar-refractivity contribution in [2.45, 2.75) is 19.3 Å². The van der Waals surface area contributed by atoms with Crippen LogP contribution in [0.25, 0.3) is 0 Å². The van der Waals surface area contributed by atoms with E-state index in [4.69, 9.17) is 9.47 Å². The maximum atomic E-state index is 11.6. The molecule has 1 N–H and O–H groups in total. The van der Waals surface area contributed by atoms with E-state index >= 15 is 0 Å². The number of aliphatic hydroxyl groups is 1. The van der Waals surface area contributed by atoms with Crippen molar-refractivity contribution in [3.63, 3.8) is 0 Å². The van der Waals surface area contributed by atoms with E-state index in [-0.39, 0.29) is 11.5 Å². The van der Waals surface area contributed by atoms with Crippen molar-refractivity contribution in [2.24, 2.45) is 0 Å². The monoisotopic (exact) mass is 249 g/mol. The van der Waals surface area contributed by atoms with Gasteiger partial charge in [-0.25, -0.2) is 0 Å². The van der Waals surface area contributed by atoms with Crippen LogP contribution in [-0.4, -0.2) is 30.1 Å². The lowest BCUT2D eigenvalue weighted by Gasteiger charge is -2.09. The van der Waals surface area contributed by atoms with E-state index in [1.54, 1.807) is 12.1 Å². The Morgan fingerprint density at radius 2 is 2.06 bits per heavy atom. The number of aliphatic hydroxyl groups excluding tert-OH is 1. The number of carbonyl (C=O) groups is 1. The predicted molar refractivity (Wildman–Crippen MR) is 64.9 cm³/mol. The first-order valence-electron chi connectivity index (χ1n) is 5.67. The fraction of sp³-hybridized carbons (Fsp3) is 0.385. The molecule has 0 spiro atoms. The van der Waals surface area contributed by atoms with Crippen molar-refractivity contribution in [1.82, 2.24) is 4.98 Å². The molecule has 0 unspecified atom stereocenters. The molecular formula is C13H15NO4. The van der Waals surface area contributed by atoms with Crippen molar-refractivity contribution < 1.29 is 19.4 Å². The van der Waals surface area contributed by atoms with Crippen LogP contribution in [0.2, 0.25) is 0 Å². The van der Waals surface area contributed by atoms with Crippen molar-refractivity contribution in [3.05, 3.63) is 29.0 Å². The van der Waals surface area contributed by atoms with Crippen LogP contribution in [-0.2, 0) is 11.2 Å². The zero-order valence-corrected chi connectivity index (χ0v) is 10.4. The zero-order chi connectivity index (χ0) is 13.1. The molecule has 96 valence electrons. The smallest absolute Gasteiger partial charge is 0.219 e. The zero-order valence-electron chi connectivity index (χ0n) is 10.4. The molecule has 18 heavy (non-hydrogen) atoms. The largest absolute Gasteiger partial charge is 0.512 e. The molecule has 0 fully saturated rings. The van der Waals surface area contributed by atoms with Crippen molar-refractivity contribution in [3.8, 4) is 11.8 Å². The Morgan fingerprint density at radius 1 is 1.28 bits per heavy atom. The minimum atomic E-state index is -0.00892. The van der Waals surface area contributed by atoms with Gasteiger partial charge in [-0.2, -0.15) is 4.98 Å². The van der Waals surface area contributed by atoms with Crippen LogP contribution in [0.15, 0.2) is 23.5 Å². The third kappa shape index (κ3) is 2.30. The van der Waals surface area contributed by atoms with Crippen LogP contribution >= 0.6 is 0 Å². The molecule has 0 saturated heterocycles. The molecule has 0 aromatic carbocycles. The molecule has 0 amide bonds. The van der Waals surface area contributed by atoms with Gasteiger partial charge >= 0.3 is 0 Å². The fourth-order valence-corrected chi connectivity index (χ4v) is 1.96. The van der Waals surface area contributed by atoms with Gasteiger partial charge in [-0.15, -0.1) is 0 Å². The molecule has 2 rings (SSSR count). The molecule has 1 aromatic heterocycles. The molecule has 1 aliphatic rings. The molecule has 1 heterocycles. The van der Waals surface area contributed by atoms with E-state index in [1.807, 2.05) is 0 Å². The Balaban J connectivity index is 2.29. The highest BCUT2D eigenvalue weighted by molar-refractivity contribution is 5.98. The second kappa shape index (κ2) is 5.08. The molecule has 0 radical (unpaired) electrons. The van der Waals surface area contributed by atoms with E-state index < -0.39 is 0 Å². The van der Waals surface area contributed by atoms with Gasteiger partial charge in [-0.1, -0.05) is 0 Å². The minimum absolute atomic E-state index is 0.00892. The third-order valence-corrected chi connectivity index (χ3v) is 2.96. The highest BCUT2D eigenvalue weighted by Gasteiger charge is 2.24. The maximum absolute atomic E-state index is 11.6. The van der Waals surface area contributed by atoms with E-state index in [9.17, 15) is 9.90 Å². The quantitative estimate of drug-likeness (QED) is 0.881. The summed E-state index contributed by atoms with van der Waals surface area (Å²) in [5, 5.41) is 9.66. The number of hydrogen-bond donors (Lipinski definition) is 1. The van der Waals surface area contributed by atoms with Crippen molar-refractivity contribution in [2.75, 3.05) is 14.2 Å². The molecule has 5 nitrogen and oxygen atoms in total. The molecule has 0 bridgehead atoms. The summed E-state index contributed by atoms with van der Waals surface area (Å²) in [6.45, 7) is 0. The highest BCUT2D eigenvalue weighted by atomic mass is 16.5. The summed E-state index contributed by atoms with van der Waals surface area (Å²) in [6.07, 6.45) is 1.15. The number of methoxy groups -OCH3 is 2. The first-order valence-corrected chi connectivity index (χ1v) is 5.67. The molecule has 0 aliphatic heterocycles. The average Bonchev–Trinajstić information content (AvgIpc) is 2.71. The Labute approximate surface area is 105 Å². The Bertz CT molecular complexity index is 508. The summed E-state index contributed by atoms with van der Waals surface area (Å²) < 4.78 is 10.2. The predicted octanol–water partition coefficient (Wildman–Crippen LogP) is 1.82. The number of carbonyl (C=O) groups excluding carboxylic acids is 1. The number of rotatable bonds is 4. The van der Waals surface area contributed by atoms with E-state index in [1.165, 1.54) is 14.2 Å². The van der Waals surface area contributed by atoms with Gasteiger partial charge in [0.05, 0.1) is 20.0 Å². The van der Waals surface area contributed by atoms with Gasteiger partial charge in [0, 0.05) is 36.5 Å². The number of Topliss-reactive ketones (excluding diaryl/α,β-unsaturated/α-hetero) is 1. The SMILES string of the molecule is COc1ccc(CC2=C(O)CCC2=O)c(OC)n1. The Hall–Kier alpha value is -2.04. The van der Waals surface area contributed by atoms with Crippen molar-refractivity contribution >= 4 is 5.78 Å². The Morgan fingerprint density at radius 3 is 2.61 bits per heavy atom. The number of ketones is 1. The van der Waals surface area contributed by atoms with Crippen molar-refractivity contribution in [1.29, 1.82) is 0 Å². The number of ether oxygens (including phenoxy) is 2. The third-order valence-electron chi connectivity index (χ3n) is 2.96. The van der Waals surface area contributed by atoms with Gasteiger partial charge in [-0.05, 0) is 6.07 Å². The summed E-state index contributed by atoms with van der Waals surface area (Å²) in [6, 6.07) is 3.49. The minimum Gasteiger partial charge on any atom is -0.512 e. The molecule has 1 aliphatic carbocycles. The van der Waals surface area contributed by atoms with Crippen LogP contribution in [0.3, 0.4) is 0 Å². The fourth-order valence-electron chi connectivity index (χ4n) is 1.96. The van der Waals surface area contributed by atoms with Gasteiger partial charge in [0.15, 0.2) is 5.78 Å². The molecule has 0 saturated carbocycles. The van der Waals surface area contributed by atoms with Crippen LogP contribution in [0, 0.1) is 0 Å². The van der Waals surface area contributed by atoms with E-state index in [2.05, 4.69) is 4.98 Å². The second-order valence-corrected chi connectivity index (χ2v) is 4.05. The lowest BCUT2D eigenvalue weighted by atomic mass is 10.0. The molecule has 5 heteroatoms. The first kappa shape index (κ1) is 12.4. The summed E-state index contributed by atoms with van der Waals surface area (Å²) in [7, 11) is 3.03. The summed E-state index contributed by atoms with van der Waals surface area (Å²) >= 11 is 0. The van der Waals surface area contributed by atoms with Gasteiger partial charge in [0.25, 0.3) is 0 Å². The number of aromatic nitrogens is 1. The van der Waals surface area contributed by atoms with Crippen LogP contribution in [0.1, 0.15) is 18.4 Å². The van der Waals surface area contributed by atoms with Gasteiger partial charge in [0.2, 0.25) is 11.8 Å². The lowest BCUT2D eigenvalue weighted by molar-refractivity contribution is -0.115. The summed E-state index contributed by atoms with van der Waals surface area (Å²) in [4.78, 5) is 15.7. The maximum Gasteiger partial charge on any atom is 0.219 e. The highest BCUT2D eigenvalue weighted by Crippen LogP contribution is 2.28. The van der Waals surface area contributed by atoms with Gasteiger partial charge in [-0.3, -0.25) is 4.79 Å². The number of hydrogen-bond acceptors (Lipinski definition) is 5. The van der Waals surface area contributed by atoms with Crippen LogP contribution in [0.4, 0.5) is 0 Å². The second-order valence-electron chi connectivity index (χ2n) is 4.05. The van der Waals surface area contributed by atoms with E-state index in [0.717, 1.165) is 5.56 Å². The van der Waals surface area contributed by atoms with Crippen LogP contribution in [0.5, 0.6) is 11.8 Å². The summed E-state index contributed by atoms with van der Waals surface area (Å²) in [5.41, 5.74) is 1.22. The van der Waals surface area contributed by atoms with Crippen LogP contribution < -0.4 is 9.47 Å². The number of pyridine rings is 1. The summed E-state index contributed by atoms with van der Waals surface area (Å²) in [5.74, 6) is 1.03. The van der Waals surface area contributed by atoms with Gasteiger partial charge < -0.3 is 14.6 Å². The number of allylic oxidation sites excluding steroid dienone is 2. The van der Waals surface area contributed by atoms with E-state index in [0.29, 0.717) is 36.6 Å². The normalized spacial score (nSPS) is 15.1. The first-order chi connectivity index (χ1) is 8.65. The lowest BCUT2D eigenvalue weighted by Crippen LogP contribution is -2.04. The standard InChI is InChI=1S/C13H15NO4/c1-17-12-6-3-8(13(14-12)18-2)7-9-10(15)4-5-11(9)16/h3,6,15H,4-5,7H2,1-2H3. The Kier molecular flexibility index (Phi) is 3.50. The average molecular weight is 249 g/mol. The number of nitrogens with zero attached hydrogens (tertiary/aromatic N) is 1. The molecule has 0 atom stereocenters. The molecular weight excluding hydrogens is 234 g/mol. The topological polar surface area (TPSA) is 68.7 Å². The van der Waals surface area contributed by atoms with Gasteiger partial charge in [0.1, 0.15) is 0 Å². The molecule has 1 aromatic rings.